The molecule has 2 aromatic carbocycles. The molecule has 2 aromatic rings. The van der Waals surface area contributed by atoms with E-state index in [1.807, 2.05) is 36.4 Å². The van der Waals surface area contributed by atoms with Crippen LogP contribution >= 0.6 is 0 Å². The van der Waals surface area contributed by atoms with Crippen LogP contribution in [0.15, 0.2) is 54.6 Å². The molecule has 1 aliphatic heterocycles. The summed E-state index contributed by atoms with van der Waals surface area (Å²) in [7, 11) is 0. The van der Waals surface area contributed by atoms with Gasteiger partial charge in [0.2, 0.25) is 11.8 Å². The van der Waals surface area contributed by atoms with Gasteiger partial charge in [-0.15, -0.1) is 0 Å². The summed E-state index contributed by atoms with van der Waals surface area (Å²) in [6.45, 7) is 1.49. The number of hydrogen-bond acceptors (Lipinski definition) is 5. The summed E-state index contributed by atoms with van der Waals surface area (Å²) in [5, 5.41) is 2.80. The van der Waals surface area contributed by atoms with Gasteiger partial charge in [0.1, 0.15) is 23.3 Å². The zero-order valence-corrected chi connectivity index (χ0v) is 13.7. The molecule has 2 amide bonds. The predicted molar refractivity (Wildman–Crippen MR) is 93.3 cm³/mol. The molecular formula is C18H20N4O3. The Morgan fingerprint density at radius 2 is 1.80 bits per heavy atom. The number of fused-ring (bicyclic) bond motifs is 1. The van der Waals surface area contributed by atoms with Crippen molar-refractivity contribution in [2.75, 3.05) is 5.32 Å². The van der Waals surface area contributed by atoms with E-state index in [4.69, 9.17) is 16.3 Å². The molecule has 25 heavy (non-hydrogen) atoms. The summed E-state index contributed by atoms with van der Waals surface area (Å²) in [6.07, 6.45) is -0.751. The lowest BCUT2D eigenvalue weighted by atomic mass is 9.78. The van der Waals surface area contributed by atoms with Crippen LogP contribution in [0.3, 0.4) is 0 Å². The number of anilines is 1. The Labute approximate surface area is 145 Å². The number of rotatable bonds is 4. The number of hydrazine groups is 1. The maximum Gasteiger partial charge on any atom is 0.239 e. The second kappa shape index (κ2) is 6.54. The third-order valence-corrected chi connectivity index (χ3v) is 4.55. The first kappa shape index (κ1) is 16.9. The zero-order chi connectivity index (χ0) is 18.0. The Bertz CT molecular complexity index is 796. The first-order chi connectivity index (χ1) is 12.0. The second-order valence-electron chi connectivity index (χ2n) is 6.12. The lowest BCUT2D eigenvalue weighted by Crippen LogP contribution is -2.64. The fourth-order valence-corrected chi connectivity index (χ4v) is 3.01. The highest BCUT2D eigenvalue weighted by Gasteiger charge is 2.50. The molecule has 0 saturated heterocycles. The van der Waals surface area contributed by atoms with E-state index in [0.29, 0.717) is 11.4 Å². The predicted octanol–water partition coefficient (Wildman–Crippen LogP) is 1.08. The van der Waals surface area contributed by atoms with Gasteiger partial charge in [0.15, 0.2) is 0 Å². The molecule has 6 N–H and O–H groups in total. The molecule has 0 bridgehead atoms. The van der Waals surface area contributed by atoms with Crippen LogP contribution < -0.4 is 27.1 Å². The summed E-state index contributed by atoms with van der Waals surface area (Å²) in [4.78, 5) is 25.1. The van der Waals surface area contributed by atoms with E-state index in [-0.39, 0.29) is 0 Å². The van der Waals surface area contributed by atoms with Crippen LogP contribution in [0, 0.1) is 5.92 Å². The normalized spacial score (nSPS) is 21.9. The van der Waals surface area contributed by atoms with Gasteiger partial charge < -0.3 is 15.8 Å². The molecule has 0 aliphatic carbocycles. The van der Waals surface area contributed by atoms with Crippen LogP contribution in [0.5, 0.6) is 5.75 Å². The Morgan fingerprint density at radius 1 is 1.16 bits per heavy atom. The summed E-state index contributed by atoms with van der Waals surface area (Å²) < 4.78 is 6.14. The molecule has 0 saturated carbocycles. The minimum absolute atomic E-state index is 0.405. The third kappa shape index (κ3) is 2.95. The number of nitrogens with two attached hydrogens (primary N) is 2. The van der Waals surface area contributed by atoms with E-state index in [1.165, 1.54) is 6.92 Å². The van der Waals surface area contributed by atoms with Crippen molar-refractivity contribution in [2.24, 2.45) is 17.5 Å². The van der Waals surface area contributed by atoms with Crippen molar-refractivity contribution >= 4 is 17.5 Å². The Balaban J connectivity index is 2.16. The van der Waals surface area contributed by atoms with Crippen molar-refractivity contribution in [3.63, 3.8) is 0 Å². The molecule has 1 heterocycles. The average Bonchev–Trinajstić information content (AvgIpc) is 2.77. The molecule has 3 rings (SSSR count). The van der Waals surface area contributed by atoms with Crippen LogP contribution in [0.2, 0.25) is 0 Å². The summed E-state index contributed by atoms with van der Waals surface area (Å²) in [5.74, 6) is 3.99. The monoisotopic (exact) mass is 340 g/mol. The fourth-order valence-electron chi connectivity index (χ4n) is 3.01. The van der Waals surface area contributed by atoms with Gasteiger partial charge in [-0.3, -0.25) is 15.4 Å². The summed E-state index contributed by atoms with van der Waals surface area (Å²) >= 11 is 0. The number of primary amides is 1. The molecule has 1 aliphatic rings. The lowest BCUT2D eigenvalue weighted by Gasteiger charge is -2.36. The average molecular weight is 340 g/mol. The van der Waals surface area contributed by atoms with Gasteiger partial charge in [-0.25, -0.2) is 5.43 Å². The van der Waals surface area contributed by atoms with Crippen LogP contribution in [-0.4, -0.2) is 17.4 Å². The van der Waals surface area contributed by atoms with Gasteiger partial charge in [-0.05, 0) is 24.6 Å². The highest BCUT2D eigenvalue weighted by molar-refractivity contribution is 6.00. The number of carbonyl (C=O) groups is 2. The van der Waals surface area contributed by atoms with Crippen LogP contribution in [-0.2, 0) is 9.59 Å². The minimum Gasteiger partial charge on any atom is -0.483 e. The Morgan fingerprint density at radius 3 is 2.44 bits per heavy atom. The third-order valence-electron chi connectivity index (χ3n) is 4.55. The molecule has 0 fully saturated rings. The standard InChI is InChI=1S/C18H20N4O3/c1-18(22-20,17(19)24)14-15(11-7-3-2-4-8-11)25-13-10-6-5-9-12(13)21-16(14)23/h2-10,14-15,22H,20H2,1H3,(H2,19,24)(H,21,23)/t14?,15?,18-/m1/s1. The van der Waals surface area contributed by atoms with Gasteiger partial charge in [-0.2, -0.15) is 0 Å². The lowest BCUT2D eigenvalue weighted by molar-refractivity contribution is -0.136. The van der Waals surface area contributed by atoms with Crippen molar-refractivity contribution in [3.8, 4) is 5.75 Å². The molecule has 7 heteroatoms. The first-order valence-corrected chi connectivity index (χ1v) is 7.86. The Kier molecular flexibility index (Phi) is 4.43. The van der Waals surface area contributed by atoms with Gasteiger partial charge in [0, 0.05) is 0 Å². The molecule has 7 nitrogen and oxygen atoms in total. The SMILES string of the molecule is C[C@](NN)(C(N)=O)C1C(=O)Nc2ccccc2OC1c1ccccc1. The van der Waals surface area contributed by atoms with E-state index < -0.39 is 29.4 Å². The molecule has 0 aromatic heterocycles. The number of hydrogen-bond donors (Lipinski definition) is 4. The van der Waals surface area contributed by atoms with Crippen molar-refractivity contribution < 1.29 is 14.3 Å². The van der Waals surface area contributed by atoms with Gasteiger partial charge >= 0.3 is 0 Å². The number of benzene rings is 2. The molecule has 2 unspecified atom stereocenters. The highest BCUT2D eigenvalue weighted by Crippen LogP contribution is 2.41. The smallest absolute Gasteiger partial charge is 0.239 e. The summed E-state index contributed by atoms with van der Waals surface area (Å²) in [6, 6.07) is 16.3. The first-order valence-electron chi connectivity index (χ1n) is 7.86. The van der Waals surface area contributed by atoms with Crippen molar-refractivity contribution in [3.05, 3.63) is 60.2 Å². The van der Waals surface area contributed by atoms with E-state index in [1.54, 1.807) is 18.2 Å². The topological polar surface area (TPSA) is 119 Å². The second-order valence-corrected chi connectivity index (χ2v) is 6.12. The maximum atomic E-state index is 13.0. The van der Waals surface area contributed by atoms with Crippen LogP contribution in [0.25, 0.3) is 0 Å². The molecule has 0 spiro atoms. The molecular weight excluding hydrogens is 320 g/mol. The number of para-hydroxylation sites is 2. The maximum absolute atomic E-state index is 13.0. The van der Waals surface area contributed by atoms with Crippen LogP contribution in [0.1, 0.15) is 18.6 Å². The van der Waals surface area contributed by atoms with E-state index >= 15 is 0 Å². The van der Waals surface area contributed by atoms with Crippen molar-refractivity contribution in [1.29, 1.82) is 0 Å². The van der Waals surface area contributed by atoms with E-state index in [0.717, 1.165) is 5.56 Å². The highest BCUT2D eigenvalue weighted by atomic mass is 16.5. The molecule has 3 atom stereocenters. The van der Waals surface area contributed by atoms with E-state index in [2.05, 4.69) is 10.7 Å². The van der Waals surface area contributed by atoms with Crippen LogP contribution in [0.4, 0.5) is 5.69 Å². The summed E-state index contributed by atoms with van der Waals surface area (Å²) in [5.41, 5.74) is 7.73. The van der Waals surface area contributed by atoms with Gasteiger partial charge in [0.25, 0.3) is 0 Å². The number of carbonyl (C=O) groups excluding carboxylic acids is 2. The van der Waals surface area contributed by atoms with Crippen molar-refractivity contribution in [1.82, 2.24) is 5.43 Å². The largest absolute Gasteiger partial charge is 0.483 e. The number of nitrogens with one attached hydrogen (secondary N) is 2. The van der Waals surface area contributed by atoms with Gasteiger partial charge in [-0.1, -0.05) is 42.5 Å². The van der Waals surface area contributed by atoms with E-state index in [9.17, 15) is 9.59 Å². The number of ether oxygens (including phenoxy) is 1. The number of amides is 2. The Hall–Kier alpha value is -2.90. The zero-order valence-electron chi connectivity index (χ0n) is 13.7. The quantitative estimate of drug-likeness (QED) is 0.490. The fraction of sp³-hybridized carbons (Fsp3) is 0.222. The van der Waals surface area contributed by atoms with Crippen molar-refractivity contribution in [2.45, 2.75) is 18.6 Å². The molecule has 130 valence electrons. The van der Waals surface area contributed by atoms with Gasteiger partial charge in [0.05, 0.1) is 5.69 Å². The molecule has 0 radical (unpaired) electrons. The minimum atomic E-state index is -1.51.